The maximum absolute atomic E-state index is 11.6. The molecule has 1 amide bonds. The summed E-state index contributed by atoms with van der Waals surface area (Å²) in [6, 6.07) is 0.368. The van der Waals surface area contributed by atoms with Crippen molar-refractivity contribution in [3.63, 3.8) is 0 Å². The van der Waals surface area contributed by atoms with Gasteiger partial charge in [-0.15, -0.1) is 0 Å². The van der Waals surface area contributed by atoms with E-state index in [0.717, 1.165) is 12.8 Å². The molecule has 0 aromatic carbocycles. The average molecular weight is 260 g/mol. The number of carbonyl (C=O) groups is 1. The molecule has 1 aliphatic rings. The largest absolute Gasteiger partial charge is 0.352 e. The highest BCUT2D eigenvalue weighted by Crippen LogP contribution is 2.16. The Balaban J connectivity index is 2.08. The van der Waals surface area contributed by atoms with E-state index in [-0.39, 0.29) is 5.91 Å². The van der Waals surface area contributed by atoms with E-state index >= 15 is 0 Å². The van der Waals surface area contributed by atoms with Gasteiger partial charge in [-0.3, -0.25) is 9.00 Å². The monoisotopic (exact) mass is 260 g/mol. The van der Waals surface area contributed by atoms with Crippen molar-refractivity contribution < 1.29 is 9.00 Å². The molecule has 0 radical (unpaired) electrons. The van der Waals surface area contributed by atoms with Gasteiger partial charge in [-0.25, -0.2) is 0 Å². The Morgan fingerprint density at radius 3 is 2.47 bits per heavy atom. The molecule has 0 bridgehead atoms. The summed E-state index contributed by atoms with van der Waals surface area (Å²) in [5, 5.41) is 6.09. The summed E-state index contributed by atoms with van der Waals surface area (Å²) in [5.74, 6) is 0.676. The number of rotatable bonds is 6. The van der Waals surface area contributed by atoms with Gasteiger partial charge in [-0.1, -0.05) is 25.7 Å². The molecule has 1 atom stereocenters. The summed E-state index contributed by atoms with van der Waals surface area (Å²) in [6.45, 7) is 0.981. The minimum atomic E-state index is -0.783. The Morgan fingerprint density at radius 1 is 1.24 bits per heavy atom. The molecule has 0 saturated heterocycles. The zero-order chi connectivity index (χ0) is 12.5. The predicted octanol–water partition coefficient (Wildman–Crippen LogP) is 0.793. The molecular formula is C12H24N2O2S. The number of carbonyl (C=O) groups excluding carboxylic acids is 1. The third-order valence-electron chi connectivity index (χ3n) is 3.07. The first-order valence-corrected chi connectivity index (χ1v) is 8.21. The van der Waals surface area contributed by atoms with Crippen molar-refractivity contribution in [1.82, 2.24) is 10.6 Å². The van der Waals surface area contributed by atoms with Gasteiger partial charge in [0.25, 0.3) is 0 Å². The van der Waals surface area contributed by atoms with E-state index in [2.05, 4.69) is 10.6 Å². The van der Waals surface area contributed by atoms with Crippen LogP contribution < -0.4 is 10.6 Å². The van der Waals surface area contributed by atoms with Crippen LogP contribution in [0.4, 0.5) is 0 Å². The Kier molecular flexibility index (Phi) is 7.44. The molecule has 5 heteroatoms. The van der Waals surface area contributed by atoms with Crippen LogP contribution in [-0.4, -0.2) is 41.3 Å². The zero-order valence-electron chi connectivity index (χ0n) is 10.7. The third kappa shape index (κ3) is 7.49. The lowest BCUT2D eigenvalue weighted by Gasteiger charge is -2.16. The molecule has 100 valence electrons. The molecule has 1 rings (SSSR count). The smallest absolute Gasteiger partial charge is 0.234 e. The summed E-state index contributed by atoms with van der Waals surface area (Å²) in [7, 11) is -0.783. The number of hydrogen-bond donors (Lipinski definition) is 2. The Labute approximate surface area is 106 Å². The standard InChI is InChI=1S/C12H24N2O2S/c1-17(16)9-8-13-10-12(15)14-11-6-4-2-3-5-7-11/h11,13H,2-10H2,1H3,(H,14,15). The highest BCUT2D eigenvalue weighted by molar-refractivity contribution is 7.84. The molecule has 0 aromatic heterocycles. The summed E-state index contributed by atoms with van der Waals surface area (Å²) in [5.41, 5.74) is 0. The minimum Gasteiger partial charge on any atom is -0.352 e. The van der Waals surface area contributed by atoms with Crippen molar-refractivity contribution >= 4 is 16.7 Å². The maximum atomic E-state index is 11.6. The minimum absolute atomic E-state index is 0.0683. The van der Waals surface area contributed by atoms with Gasteiger partial charge in [0.2, 0.25) is 5.91 Å². The van der Waals surface area contributed by atoms with Crippen molar-refractivity contribution in [2.45, 2.75) is 44.6 Å². The van der Waals surface area contributed by atoms with Gasteiger partial charge in [0.05, 0.1) is 6.54 Å². The lowest BCUT2D eigenvalue weighted by molar-refractivity contribution is -0.121. The maximum Gasteiger partial charge on any atom is 0.234 e. The van der Waals surface area contributed by atoms with Crippen molar-refractivity contribution in [3.8, 4) is 0 Å². The summed E-state index contributed by atoms with van der Waals surface area (Å²) in [6.07, 6.45) is 8.96. The van der Waals surface area contributed by atoms with E-state index in [1.54, 1.807) is 6.26 Å². The van der Waals surface area contributed by atoms with Crippen molar-refractivity contribution in [2.24, 2.45) is 0 Å². The molecule has 1 saturated carbocycles. The van der Waals surface area contributed by atoms with Crippen LogP contribution in [-0.2, 0) is 15.6 Å². The van der Waals surface area contributed by atoms with E-state index in [1.165, 1.54) is 25.7 Å². The fourth-order valence-electron chi connectivity index (χ4n) is 2.12. The van der Waals surface area contributed by atoms with Gasteiger partial charge in [0, 0.05) is 35.4 Å². The molecule has 0 heterocycles. The lowest BCUT2D eigenvalue weighted by Crippen LogP contribution is -2.40. The van der Waals surface area contributed by atoms with Crippen LogP contribution in [0.5, 0.6) is 0 Å². The van der Waals surface area contributed by atoms with Crippen LogP contribution in [0, 0.1) is 0 Å². The van der Waals surface area contributed by atoms with Crippen molar-refractivity contribution in [1.29, 1.82) is 0 Å². The molecule has 2 N–H and O–H groups in total. The van der Waals surface area contributed by atoms with Crippen LogP contribution in [0.3, 0.4) is 0 Å². The first-order valence-electron chi connectivity index (χ1n) is 6.48. The molecule has 0 spiro atoms. The molecular weight excluding hydrogens is 236 g/mol. The highest BCUT2D eigenvalue weighted by Gasteiger charge is 2.13. The van der Waals surface area contributed by atoms with Gasteiger partial charge in [-0.05, 0) is 12.8 Å². The molecule has 1 aliphatic carbocycles. The molecule has 0 aromatic rings. The zero-order valence-corrected chi connectivity index (χ0v) is 11.5. The second-order valence-electron chi connectivity index (χ2n) is 4.71. The average Bonchev–Trinajstić information content (AvgIpc) is 2.53. The third-order valence-corrected chi connectivity index (χ3v) is 3.85. The Morgan fingerprint density at radius 2 is 1.88 bits per heavy atom. The Bertz CT molecular complexity index is 251. The van der Waals surface area contributed by atoms with Crippen LogP contribution in [0.25, 0.3) is 0 Å². The van der Waals surface area contributed by atoms with E-state index < -0.39 is 10.8 Å². The van der Waals surface area contributed by atoms with Crippen LogP contribution in [0.2, 0.25) is 0 Å². The topological polar surface area (TPSA) is 58.2 Å². The van der Waals surface area contributed by atoms with Gasteiger partial charge < -0.3 is 10.6 Å². The lowest BCUT2D eigenvalue weighted by atomic mass is 10.1. The van der Waals surface area contributed by atoms with Gasteiger partial charge >= 0.3 is 0 Å². The number of hydrogen-bond acceptors (Lipinski definition) is 3. The van der Waals surface area contributed by atoms with E-state index in [0.29, 0.717) is 24.9 Å². The van der Waals surface area contributed by atoms with E-state index in [9.17, 15) is 9.00 Å². The van der Waals surface area contributed by atoms with E-state index in [1.807, 2.05) is 0 Å². The van der Waals surface area contributed by atoms with Gasteiger partial charge in [-0.2, -0.15) is 0 Å². The van der Waals surface area contributed by atoms with Crippen molar-refractivity contribution in [2.75, 3.05) is 25.1 Å². The number of nitrogens with one attached hydrogen (secondary N) is 2. The summed E-state index contributed by atoms with van der Waals surface area (Å²) >= 11 is 0. The summed E-state index contributed by atoms with van der Waals surface area (Å²) < 4.78 is 10.8. The quantitative estimate of drug-likeness (QED) is 0.548. The fraction of sp³-hybridized carbons (Fsp3) is 0.917. The van der Waals surface area contributed by atoms with E-state index in [4.69, 9.17) is 0 Å². The van der Waals surface area contributed by atoms with Crippen molar-refractivity contribution in [3.05, 3.63) is 0 Å². The second-order valence-corrected chi connectivity index (χ2v) is 6.26. The van der Waals surface area contributed by atoms with Gasteiger partial charge in [0.1, 0.15) is 0 Å². The van der Waals surface area contributed by atoms with Crippen LogP contribution in [0.15, 0.2) is 0 Å². The fourth-order valence-corrected chi connectivity index (χ4v) is 2.55. The molecule has 4 nitrogen and oxygen atoms in total. The molecule has 1 fully saturated rings. The molecule has 17 heavy (non-hydrogen) atoms. The summed E-state index contributed by atoms with van der Waals surface area (Å²) in [4.78, 5) is 11.6. The van der Waals surface area contributed by atoms with Gasteiger partial charge in [0.15, 0.2) is 0 Å². The number of amides is 1. The SMILES string of the molecule is CS(=O)CCNCC(=O)NC1CCCCCC1. The highest BCUT2D eigenvalue weighted by atomic mass is 32.2. The normalized spacial score (nSPS) is 19.6. The first kappa shape index (κ1) is 14.6. The predicted molar refractivity (Wildman–Crippen MR) is 71.4 cm³/mol. The van der Waals surface area contributed by atoms with Crippen LogP contribution in [0.1, 0.15) is 38.5 Å². The Hall–Kier alpha value is -0.420. The molecule has 0 aliphatic heterocycles. The van der Waals surface area contributed by atoms with Crippen LogP contribution >= 0.6 is 0 Å². The molecule has 1 unspecified atom stereocenters. The first-order chi connectivity index (χ1) is 8.18. The second kappa shape index (κ2) is 8.64.